The van der Waals surface area contributed by atoms with Gasteiger partial charge >= 0.3 is 18.0 Å². The quantitative estimate of drug-likeness (QED) is 0.360. The Labute approximate surface area is 185 Å². The van der Waals surface area contributed by atoms with E-state index >= 15 is 0 Å². The SMILES string of the molecule is CC(C)(O)CCCC(CC#CC(O)(C(F)(F)F)C(F)(F)F)C1CCC2C(O)CCCC21C. The smallest absolute Gasteiger partial charge is 0.393 e. The fraction of sp³-hybridized carbons (Fsp3) is 0.913. The number of hydrogen-bond donors (Lipinski definition) is 3. The van der Waals surface area contributed by atoms with Crippen LogP contribution in [0.3, 0.4) is 0 Å². The van der Waals surface area contributed by atoms with Crippen LogP contribution >= 0.6 is 0 Å². The van der Waals surface area contributed by atoms with Gasteiger partial charge in [0, 0.05) is 6.42 Å². The van der Waals surface area contributed by atoms with Crippen LogP contribution in [0.5, 0.6) is 0 Å². The van der Waals surface area contributed by atoms with Crippen LogP contribution in [0.2, 0.25) is 0 Å². The fourth-order valence-electron chi connectivity index (χ4n) is 5.82. The van der Waals surface area contributed by atoms with E-state index in [0.29, 0.717) is 25.7 Å². The summed E-state index contributed by atoms with van der Waals surface area (Å²) >= 11 is 0. The van der Waals surface area contributed by atoms with Gasteiger partial charge < -0.3 is 15.3 Å². The molecule has 0 aromatic carbocycles. The third-order valence-electron chi connectivity index (χ3n) is 7.55. The normalized spacial score (nSPS) is 30.4. The van der Waals surface area contributed by atoms with Crippen LogP contribution in [0.15, 0.2) is 0 Å². The van der Waals surface area contributed by atoms with Crippen molar-refractivity contribution in [1.29, 1.82) is 0 Å². The Bertz CT molecular complexity index is 686. The lowest BCUT2D eigenvalue weighted by atomic mass is 9.60. The summed E-state index contributed by atoms with van der Waals surface area (Å²) in [5.41, 5.74) is -6.27. The number of halogens is 6. The lowest BCUT2D eigenvalue weighted by Crippen LogP contribution is -2.55. The second kappa shape index (κ2) is 9.34. The minimum atomic E-state index is -5.97. The van der Waals surface area contributed by atoms with Crippen LogP contribution in [0.25, 0.3) is 0 Å². The molecule has 0 heterocycles. The van der Waals surface area contributed by atoms with Gasteiger partial charge in [-0.15, -0.1) is 0 Å². The van der Waals surface area contributed by atoms with Gasteiger partial charge in [0.1, 0.15) is 0 Å². The Morgan fingerprint density at radius 2 is 1.59 bits per heavy atom. The zero-order chi connectivity index (χ0) is 24.6. The number of alkyl halides is 6. The molecule has 5 atom stereocenters. The Morgan fingerprint density at radius 3 is 2.12 bits per heavy atom. The molecule has 0 saturated heterocycles. The maximum absolute atomic E-state index is 13.0. The van der Waals surface area contributed by atoms with E-state index in [0.717, 1.165) is 31.6 Å². The van der Waals surface area contributed by atoms with Crippen molar-refractivity contribution in [2.75, 3.05) is 0 Å². The van der Waals surface area contributed by atoms with Crippen LogP contribution in [0.4, 0.5) is 26.3 Å². The van der Waals surface area contributed by atoms with Gasteiger partial charge in [0.05, 0.1) is 11.7 Å². The first-order valence-corrected chi connectivity index (χ1v) is 11.2. The van der Waals surface area contributed by atoms with Gasteiger partial charge in [0.2, 0.25) is 0 Å². The van der Waals surface area contributed by atoms with E-state index < -0.39 is 29.7 Å². The van der Waals surface area contributed by atoms with E-state index in [4.69, 9.17) is 0 Å². The lowest BCUT2D eigenvalue weighted by Gasteiger charge is -2.45. The highest BCUT2D eigenvalue weighted by Crippen LogP contribution is 2.58. The molecule has 2 rings (SSSR count). The Hall–Kier alpha value is -0.980. The minimum Gasteiger partial charge on any atom is -0.393 e. The minimum absolute atomic E-state index is 0.0107. The summed E-state index contributed by atoms with van der Waals surface area (Å²) in [5, 5.41) is 29.8. The molecule has 0 spiro atoms. The molecule has 3 nitrogen and oxygen atoms in total. The second-order valence-electron chi connectivity index (χ2n) is 10.4. The molecule has 0 radical (unpaired) electrons. The predicted octanol–water partition coefficient (Wildman–Crippen LogP) is 5.37. The topological polar surface area (TPSA) is 60.7 Å². The third kappa shape index (κ3) is 5.74. The van der Waals surface area contributed by atoms with Crippen molar-refractivity contribution in [3.63, 3.8) is 0 Å². The first kappa shape index (κ1) is 27.3. The zero-order valence-electron chi connectivity index (χ0n) is 18.8. The van der Waals surface area contributed by atoms with Gasteiger partial charge in [0.25, 0.3) is 0 Å². The summed E-state index contributed by atoms with van der Waals surface area (Å²) < 4.78 is 77.7. The van der Waals surface area contributed by atoms with E-state index in [1.807, 2.05) is 5.92 Å². The van der Waals surface area contributed by atoms with Gasteiger partial charge in [-0.05, 0) is 81.5 Å². The summed E-state index contributed by atoms with van der Waals surface area (Å²) in [5.74, 6) is 2.85. The first-order chi connectivity index (χ1) is 14.4. The highest BCUT2D eigenvalue weighted by atomic mass is 19.4. The molecule has 5 unspecified atom stereocenters. The molecule has 0 aromatic rings. The zero-order valence-corrected chi connectivity index (χ0v) is 18.8. The summed E-state index contributed by atoms with van der Waals surface area (Å²) in [4.78, 5) is 0. The molecule has 2 saturated carbocycles. The third-order valence-corrected chi connectivity index (χ3v) is 7.55. The van der Waals surface area contributed by atoms with E-state index in [2.05, 4.69) is 6.92 Å². The van der Waals surface area contributed by atoms with Crippen LogP contribution in [0, 0.1) is 35.0 Å². The van der Waals surface area contributed by atoms with E-state index in [1.165, 1.54) is 0 Å². The molecule has 0 amide bonds. The monoisotopic (exact) mass is 472 g/mol. The van der Waals surface area contributed by atoms with Crippen LogP contribution < -0.4 is 0 Å². The Balaban J connectivity index is 2.28. The molecule has 2 aliphatic rings. The van der Waals surface area contributed by atoms with Crippen molar-refractivity contribution in [2.45, 2.75) is 108 Å². The van der Waals surface area contributed by atoms with Crippen molar-refractivity contribution >= 4 is 0 Å². The van der Waals surface area contributed by atoms with Gasteiger partial charge in [-0.25, -0.2) is 0 Å². The van der Waals surface area contributed by atoms with Crippen molar-refractivity contribution < 1.29 is 41.7 Å². The van der Waals surface area contributed by atoms with Gasteiger partial charge in [0.15, 0.2) is 0 Å². The predicted molar refractivity (Wildman–Crippen MR) is 107 cm³/mol. The fourth-order valence-corrected chi connectivity index (χ4v) is 5.82. The number of aliphatic hydroxyl groups is 3. The average Bonchev–Trinajstić information content (AvgIpc) is 2.95. The Morgan fingerprint density at radius 1 is 1.00 bits per heavy atom. The molecule has 0 aliphatic heterocycles. The molecule has 0 aromatic heterocycles. The highest BCUT2D eigenvalue weighted by molar-refractivity contribution is 5.21. The largest absolute Gasteiger partial charge is 0.438 e. The second-order valence-corrected chi connectivity index (χ2v) is 10.4. The number of aliphatic hydroxyl groups excluding tert-OH is 1. The Kier molecular flexibility index (Phi) is 7.96. The van der Waals surface area contributed by atoms with Gasteiger partial charge in [-0.3, -0.25) is 0 Å². The van der Waals surface area contributed by atoms with Crippen molar-refractivity contribution in [3.8, 4) is 11.8 Å². The van der Waals surface area contributed by atoms with Crippen molar-refractivity contribution in [2.24, 2.45) is 23.2 Å². The summed E-state index contributed by atoms with van der Waals surface area (Å²) in [7, 11) is 0. The molecular weight excluding hydrogens is 438 g/mol. The molecule has 3 N–H and O–H groups in total. The molecular formula is C23H34F6O3. The maximum Gasteiger partial charge on any atom is 0.438 e. The highest BCUT2D eigenvalue weighted by Gasteiger charge is 2.70. The molecule has 186 valence electrons. The van der Waals surface area contributed by atoms with Crippen LogP contribution in [0.1, 0.15) is 78.6 Å². The number of hydrogen-bond acceptors (Lipinski definition) is 3. The maximum atomic E-state index is 13.0. The van der Waals surface area contributed by atoms with Crippen LogP contribution in [-0.2, 0) is 0 Å². The van der Waals surface area contributed by atoms with Crippen LogP contribution in [-0.4, -0.2) is 45.0 Å². The lowest BCUT2D eigenvalue weighted by molar-refractivity contribution is -0.343. The molecule has 2 fully saturated rings. The first-order valence-electron chi connectivity index (χ1n) is 11.2. The molecule has 9 heteroatoms. The van der Waals surface area contributed by atoms with E-state index in [9.17, 15) is 41.7 Å². The van der Waals surface area contributed by atoms with Gasteiger partial charge in [-0.1, -0.05) is 25.7 Å². The van der Waals surface area contributed by atoms with Crippen molar-refractivity contribution in [1.82, 2.24) is 0 Å². The standard InChI is InChI=1S/C23H34F6O3/c1-19(2,31)12-4-7-15(8-5-14-21(32,22(24,25)26)23(27,28)29)16-10-11-17-18(30)9-6-13-20(16,17)3/h15-18,30-32H,4,6-13H2,1-3H3. The van der Waals surface area contributed by atoms with Crippen molar-refractivity contribution in [3.05, 3.63) is 0 Å². The molecule has 2 aliphatic carbocycles. The molecule has 0 bridgehead atoms. The number of fused-ring (bicyclic) bond motifs is 1. The van der Waals surface area contributed by atoms with E-state index in [1.54, 1.807) is 13.8 Å². The average molecular weight is 473 g/mol. The summed E-state index contributed by atoms with van der Waals surface area (Å²) in [6.45, 7) is 5.33. The van der Waals surface area contributed by atoms with Gasteiger partial charge in [-0.2, -0.15) is 26.3 Å². The van der Waals surface area contributed by atoms with E-state index in [-0.39, 0.29) is 29.6 Å². The summed E-state index contributed by atoms with van der Waals surface area (Å²) in [6, 6.07) is 0. The molecule has 32 heavy (non-hydrogen) atoms. The summed E-state index contributed by atoms with van der Waals surface area (Å²) in [6.07, 6.45) is -7.33. The number of rotatable bonds is 6.